The zero-order valence-corrected chi connectivity index (χ0v) is 11.4. The third-order valence-electron chi connectivity index (χ3n) is 3.79. The zero-order chi connectivity index (χ0) is 14.7. The van der Waals surface area contributed by atoms with Gasteiger partial charge < -0.3 is 10.0 Å². The van der Waals surface area contributed by atoms with Gasteiger partial charge in [-0.1, -0.05) is 12.1 Å². The Morgan fingerprint density at radius 2 is 2.15 bits per heavy atom. The highest BCUT2D eigenvalue weighted by atomic mass is 19.1. The van der Waals surface area contributed by atoms with E-state index in [2.05, 4.69) is 0 Å². The fraction of sp³-hybridized carbons (Fsp3) is 0.467. The van der Waals surface area contributed by atoms with Crippen molar-refractivity contribution in [3.8, 4) is 0 Å². The maximum absolute atomic E-state index is 13.2. The summed E-state index contributed by atoms with van der Waals surface area (Å²) in [6.45, 7) is 2.14. The van der Waals surface area contributed by atoms with Crippen molar-refractivity contribution in [3.63, 3.8) is 0 Å². The molecular formula is C15H18FNO3. The zero-order valence-electron chi connectivity index (χ0n) is 11.4. The van der Waals surface area contributed by atoms with Crippen molar-refractivity contribution in [2.75, 3.05) is 6.54 Å². The number of hydrogen-bond donors (Lipinski definition) is 1. The maximum atomic E-state index is 13.2. The smallest absolute Gasteiger partial charge is 0.326 e. The molecule has 1 aromatic rings. The fourth-order valence-corrected chi connectivity index (χ4v) is 2.62. The quantitative estimate of drug-likeness (QED) is 0.924. The number of carbonyl (C=O) groups is 2. The molecule has 0 saturated carbocycles. The summed E-state index contributed by atoms with van der Waals surface area (Å²) in [6.07, 6.45) is 2.11. The summed E-state index contributed by atoms with van der Waals surface area (Å²) < 4.78 is 13.2. The highest BCUT2D eigenvalue weighted by Crippen LogP contribution is 2.24. The molecule has 1 N–H and O–H groups in total. The number of piperidine rings is 1. The fourth-order valence-electron chi connectivity index (χ4n) is 2.62. The summed E-state index contributed by atoms with van der Waals surface area (Å²) in [5.41, 5.74) is 0.574. The molecular weight excluding hydrogens is 261 g/mol. The van der Waals surface area contributed by atoms with Crippen molar-refractivity contribution in [2.45, 2.75) is 38.1 Å². The maximum Gasteiger partial charge on any atom is 0.326 e. The molecule has 1 heterocycles. The van der Waals surface area contributed by atoms with Crippen molar-refractivity contribution < 1.29 is 19.1 Å². The van der Waals surface area contributed by atoms with Crippen LogP contribution in [0.1, 0.15) is 37.7 Å². The Balaban J connectivity index is 2.18. The number of rotatable bonds is 3. The lowest BCUT2D eigenvalue weighted by atomic mass is 9.95. The first kappa shape index (κ1) is 14.5. The van der Waals surface area contributed by atoms with E-state index in [0.29, 0.717) is 18.5 Å². The van der Waals surface area contributed by atoms with E-state index < -0.39 is 23.7 Å². The van der Waals surface area contributed by atoms with Crippen LogP contribution in [0, 0.1) is 5.82 Å². The van der Waals surface area contributed by atoms with E-state index >= 15 is 0 Å². The van der Waals surface area contributed by atoms with Gasteiger partial charge in [0, 0.05) is 6.54 Å². The van der Waals surface area contributed by atoms with Crippen LogP contribution in [0.3, 0.4) is 0 Å². The average molecular weight is 279 g/mol. The first-order valence-corrected chi connectivity index (χ1v) is 6.79. The van der Waals surface area contributed by atoms with Gasteiger partial charge in [0.15, 0.2) is 0 Å². The molecule has 5 heteroatoms. The van der Waals surface area contributed by atoms with Gasteiger partial charge in [0.1, 0.15) is 11.9 Å². The molecule has 0 aromatic heterocycles. The monoisotopic (exact) mass is 279 g/mol. The molecule has 0 aliphatic carbocycles. The van der Waals surface area contributed by atoms with Gasteiger partial charge in [-0.25, -0.2) is 9.18 Å². The SMILES string of the molecule is C[C@H](C(=O)N1CCCC[C@@H]1C(=O)O)c1cccc(F)c1. The van der Waals surface area contributed by atoms with E-state index in [1.54, 1.807) is 19.1 Å². The Kier molecular flexibility index (Phi) is 4.37. The van der Waals surface area contributed by atoms with Gasteiger partial charge in [-0.2, -0.15) is 0 Å². The summed E-state index contributed by atoms with van der Waals surface area (Å²) in [7, 11) is 0. The molecule has 0 radical (unpaired) electrons. The van der Waals surface area contributed by atoms with Crippen LogP contribution in [0.5, 0.6) is 0 Å². The Hall–Kier alpha value is -1.91. The van der Waals surface area contributed by atoms with Gasteiger partial charge in [0.2, 0.25) is 5.91 Å². The predicted octanol–water partition coefficient (Wildman–Crippen LogP) is 2.39. The van der Waals surface area contributed by atoms with E-state index in [1.165, 1.54) is 17.0 Å². The van der Waals surface area contributed by atoms with Crippen molar-refractivity contribution >= 4 is 11.9 Å². The van der Waals surface area contributed by atoms with E-state index in [9.17, 15) is 19.1 Å². The Bertz CT molecular complexity index is 518. The second-order valence-corrected chi connectivity index (χ2v) is 5.16. The second-order valence-electron chi connectivity index (χ2n) is 5.16. The number of amides is 1. The predicted molar refractivity (Wildman–Crippen MR) is 71.8 cm³/mol. The van der Waals surface area contributed by atoms with Gasteiger partial charge in [0.25, 0.3) is 0 Å². The molecule has 2 atom stereocenters. The summed E-state index contributed by atoms with van der Waals surface area (Å²) in [4.78, 5) is 25.1. The molecule has 1 aliphatic rings. The molecule has 1 fully saturated rings. The van der Waals surface area contributed by atoms with Crippen LogP contribution in [0.15, 0.2) is 24.3 Å². The number of likely N-dealkylation sites (tertiary alicyclic amines) is 1. The van der Waals surface area contributed by atoms with Crippen LogP contribution in [-0.4, -0.2) is 34.5 Å². The van der Waals surface area contributed by atoms with Crippen molar-refractivity contribution in [3.05, 3.63) is 35.6 Å². The van der Waals surface area contributed by atoms with Gasteiger partial charge in [-0.05, 0) is 43.9 Å². The van der Waals surface area contributed by atoms with Crippen molar-refractivity contribution in [2.24, 2.45) is 0 Å². The normalized spacial score (nSPS) is 20.5. The van der Waals surface area contributed by atoms with Crippen molar-refractivity contribution in [1.82, 2.24) is 4.90 Å². The lowest BCUT2D eigenvalue weighted by Crippen LogP contribution is -2.49. The van der Waals surface area contributed by atoms with Gasteiger partial charge in [0.05, 0.1) is 5.92 Å². The first-order valence-electron chi connectivity index (χ1n) is 6.79. The Morgan fingerprint density at radius 1 is 1.40 bits per heavy atom. The number of nitrogens with zero attached hydrogens (tertiary/aromatic N) is 1. The van der Waals surface area contributed by atoms with Gasteiger partial charge in [-0.3, -0.25) is 4.79 Å². The van der Waals surface area contributed by atoms with Gasteiger partial charge in [-0.15, -0.1) is 0 Å². The van der Waals surface area contributed by atoms with Crippen LogP contribution in [0.25, 0.3) is 0 Å². The number of carboxylic acid groups (broad SMARTS) is 1. The minimum Gasteiger partial charge on any atom is -0.480 e. The number of carboxylic acids is 1. The molecule has 1 aliphatic heterocycles. The summed E-state index contributed by atoms with van der Waals surface area (Å²) in [6, 6.07) is 5.13. The molecule has 20 heavy (non-hydrogen) atoms. The average Bonchev–Trinajstić information content (AvgIpc) is 2.45. The number of hydrogen-bond acceptors (Lipinski definition) is 2. The van der Waals surface area contributed by atoms with E-state index in [0.717, 1.165) is 12.8 Å². The highest BCUT2D eigenvalue weighted by Gasteiger charge is 2.34. The summed E-state index contributed by atoms with van der Waals surface area (Å²) in [5, 5.41) is 9.20. The second kappa shape index (κ2) is 6.03. The lowest BCUT2D eigenvalue weighted by Gasteiger charge is -2.34. The molecule has 2 rings (SSSR count). The largest absolute Gasteiger partial charge is 0.480 e. The first-order chi connectivity index (χ1) is 9.50. The topological polar surface area (TPSA) is 57.6 Å². The minimum atomic E-state index is -0.968. The highest BCUT2D eigenvalue weighted by molar-refractivity contribution is 5.88. The van der Waals surface area contributed by atoms with Gasteiger partial charge >= 0.3 is 5.97 Å². The third-order valence-corrected chi connectivity index (χ3v) is 3.79. The Morgan fingerprint density at radius 3 is 2.80 bits per heavy atom. The molecule has 0 unspecified atom stereocenters. The lowest BCUT2D eigenvalue weighted by molar-refractivity contribution is -0.152. The molecule has 1 amide bonds. The van der Waals surface area contributed by atoms with Crippen LogP contribution in [-0.2, 0) is 9.59 Å². The van der Waals surface area contributed by atoms with Crippen LogP contribution >= 0.6 is 0 Å². The standard InChI is InChI=1S/C15H18FNO3/c1-10(11-5-4-6-12(16)9-11)14(18)17-8-3-2-7-13(17)15(19)20/h4-6,9-10,13H,2-3,7-8H2,1H3,(H,19,20)/t10-,13+/m0/s1. The van der Waals surface area contributed by atoms with Crippen LogP contribution < -0.4 is 0 Å². The molecule has 1 saturated heterocycles. The van der Waals surface area contributed by atoms with E-state index in [4.69, 9.17) is 0 Å². The number of halogens is 1. The van der Waals surface area contributed by atoms with E-state index in [1.807, 2.05) is 0 Å². The Labute approximate surface area is 117 Å². The molecule has 1 aromatic carbocycles. The summed E-state index contributed by atoms with van der Waals surface area (Å²) >= 11 is 0. The molecule has 0 bridgehead atoms. The van der Waals surface area contributed by atoms with Crippen LogP contribution in [0.4, 0.5) is 4.39 Å². The molecule has 4 nitrogen and oxygen atoms in total. The number of carbonyl (C=O) groups excluding carboxylic acids is 1. The summed E-state index contributed by atoms with van der Waals surface area (Å²) in [5.74, 6) is -2.14. The third kappa shape index (κ3) is 2.98. The minimum absolute atomic E-state index is 0.247. The number of aliphatic carboxylic acids is 1. The van der Waals surface area contributed by atoms with Crippen molar-refractivity contribution in [1.29, 1.82) is 0 Å². The molecule has 108 valence electrons. The molecule has 0 spiro atoms. The van der Waals surface area contributed by atoms with Crippen LogP contribution in [0.2, 0.25) is 0 Å². The number of benzene rings is 1. The van der Waals surface area contributed by atoms with E-state index in [-0.39, 0.29) is 5.91 Å².